The van der Waals surface area contributed by atoms with Gasteiger partial charge in [0.05, 0.1) is 0 Å². The van der Waals surface area contributed by atoms with Gasteiger partial charge in [0.15, 0.2) is 5.84 Å². The van der Waals surface area contributed by atoms with Crippen LogP contribution in [0.3, 0.4) is 0 Å². The lowest BCUT2D eigenvalue weighted by Crippen LogP contribution is -2.46. The Bertz CT molecular complexity index is 499. The topological polar surface area (TPSA) is 79.9 Å². The van der Waals surface area contributed by atoms with E-state index in [0.717, 1.165) is 31.6 Å². The summed E-state index contributed by atoms with van der Waals surface area (Å²) in [5, 5.41) is 15.2. The van der Waals surface area contributed by atoms with E-state index in [-0.39, 0.29) is 11.4 Å². The van der Waals surface area contributed by atoms with Gasteiger partial charge in [0, 0.05) is 30.9 Å². The van der Waals surface area contributed by atoms with Crippen LogP contribution in [-0.2, 0) is 11.3 Å². The molecule has 1 saturated heterocycles. The predicted octanol–water partition coefficient (Wildman–Crippen LogP) is 1.58. The Labute approximate surface area is 117 Å². The zero-order valence-corrected chi connectivity index (χ0v) is 11.5. The molecule has 0 bridgehead atoms. The minimum atomic E-state index is -0.410. The first-order valence-electron chi connectivity index (χ1n) is 6.63. The number of nitrogens with zero attached hydrogens (tertiary/aromatic N) is 1. The molecule has 1 aliphatic heterocycles. The second kappa shape index (κ2) is 6.19. The van der Waals surface area contributed by atoms with Gasteiger partial charge in [0.1, 0.15) is 5.82 Å². The van der Waals surface area contributed by atoms with Gasteiger partial charge in [-0.25, -0.2) is 4.39 Å². The maximum atomic E-state index is 13.3. The van der Waals surface area contributed by atoms with Crippen molar-refractivity contribution in [2.75, 3.05) is 13.2 Å². The third kappa shape index (κ3) is 3.46. The van der Waals surface area contributed by atoms with Gasteiger partial charge in [-0.3, -0.25) is 0 Å². The summed E-state index contributed by atoms with van der Waals surface area (Å²) in [5.74, 6) is -0.494. The summed E-state index contributed by atoms with van der Waals surface area (Å²) in [4.78, 5) is 0. The second-order valence-electron chi connectivity index (χ2n) is 5.31. The van der Waals surface area contributed by atoms with Gasteiger partial charge in [-0.1, -0.05) is 11.2 Å². The number of benzene rings is 1. The monoisotopic (exact) mass is 281 g/mol. The quantitative estimate of drug-likeness (QED) is 0.339. The highest BCUT2D eigenvalue weighted by Crippen LogP contribution is 2.21. The normalized spacial score (nSPS) is 19.0. The molecule has 0 atom stereocenters. The molecule has 1 aromatic rings. The Morgan fingerprint density at radius 1 is 1.50 bits per heavy atom. The van der Waals surface area contributed by atoms with E-state index in [0.29, 0.717) is 12.1 Å². The van der Waals surface area contributed by atoms with E-state index in [1.54, 1.807) is 6.07 Å². The number of nitrogens with one attached hydrogen (secondary N) is 1. The van der Waals surface area contributed by atoms with Crippen LogP contribution in [0.15, 0.2) is 23.4 Å². The molecule has 0 amide bonds. The molecular weight excluding hydrogens is 261 g/mol. The molecule has 110 valence electrons. The Kier molecular flexibility index (Phi) is 4.57. The van der Waals surface area contributed by atoms with Crippen LogP contribution < -0.4 is 11.1 Å². The summed E-state index contributed by atoms with van der Waals surface area (Å²) in [6, 6.07) is 4.30. The summed E-state index contributed by atoms with van der Waals surface area (Å²) in [6.45, 7) is 4.14. The molecular formula is C14H20FN3O2. The number of nitrogens with two attached hydrogens (primary N) is 1. The van der Waals surface area contributed by atoms with Crippen LogP contribution in [0.1, 0.15) is 30.9 Å². The first kappa shape index (κ1) is 14.7. The predicted molar refractivity (Wildman–Crippen MR) is 74.2 cm³/mol. The Balaban J connectivity index is 2.13. The molecule has 1 fully saturated rings. The summed E-state index contributed by atoms with van der Waals surface area (Å²) < 4.78 is 18.6. The lowest BCUT2D eigenvalue weighted by Gasteiger charge is -2.35. The third-order valence-corrected chi connectivity index (χ3v) is 3.76. The molecule has 4 N–H and O–H groups in total. The largest absolute Gasteiger partial charge is 0.409 e. The van der Waals surface area contributed by atoms with E-state index < -0.39 is 5.82 Å². The minimum Gasteiger partial charge on any atom is -0.409 e. The highest BCUT2D eigenvalue weighted by Gasteiger charge is 2.26. The maximum Gasteiger partial charge on any atom is 0.170 e. The van der Waals surface area contributed by atoms with Crippen LogP contribution in [0.4, 0.5) is 4.39 Å². The van der Waals surface area contributed by atoms with Crippen LogP contribution in [-0.4, -0.2) is 29.8 Å². The number of oxime groups is 1. The van der Waals surface area contributed by atoms with E-state index >= 15 is 0 Å². The van der Waals surface area contributed by atoms with Crippen LogP contribution in [0.2, 0.25) is 0 Å². The van der Waals surface area contributed by atoms with Crippen LogP contribution in [0.25, 0.3) is 0 Å². The van der Waals surface area contributed by atoms with Crippen molar-refractivity contribution in [3.63, 3.8) is 0 Å². The van der Waals surface area contributed by atoms with E-state index in [9.17, 15) is 4.39 Å². The van der Waals surface area contributed by atoms with Crippen LogP contribution in [0, 0.1) is 5.82 Å². The number of rotatable bonds is 4. The fourth-order valence-corrected chi connectivity index (χ4v) is 2.30. The molecule has 1 aromatic carbocycles. The average molecular weight is 281 g/mol. The van der Waals surface area contributed by atoms with Crippen molar-refractivity contribution < 1.29 is 14.3 Å². The highest BCUT2D eigenvalue weighted by atomic mass is 19.1. The lowest BCUT2D eigenvalue weighted by molar-refractivity contribution is 0.0446. The van der Waals surface area contributed by atoms with Gasteiger partial charge in [-0.2, -0.15) is 0 Å². The molecule has 2 rings (SSSR count). The fraction of sp³-hybridized carbons (Fsp3) is 0.500. The van der Waals surface area contributed by atoms with Gasteiger partial charge < -0.3 is 21.0 Å². The standard InChI is InChI=1S/C14H20FN3O2/c1-14(4-6-20-7-5-14)17-9-10-2-3-11(15)8-12(10)13(16)18-19/h2-3,8,17,19H,4-7,9H2,1H3,(H2,16,18). The summed E-state index contributed by atoms with van der Waals surface area (Å²) in [7, 11) is 0. The highest BCUT2D eigenvalue weighted by molar-refractivity contribution is 5.98. The summed E-state index contributed by atoms with van der Waals surface area (Å²) in [6.07, 6.45) is 1.85. The fourth-order valence-electron chi connectivity index (χ4n) is 2.30. The SMILES string of the molecule is CC1(NCc2ccc(F)cc2/C(N)=N/O)CCOCC1. The second-order valence-corrected chi connectivity index (χ2v) is 5.31. The molecule has 0 aromatic heterocycles. The van der Waals surface area contributed by atoms with Gasteiger partial charge in [-0.05, 0) is 37.5 Å². The van der Waals surface area contributed by atoms with E-state index in [2.05, 4.69) is 17.4 Å². The van der Waals surface area contributed by atoms with Gasteiger partial charge in [-0.15, -0.1) is 0 Å². The van der Waals surface area contributed by atoms with E-state index in [4.69, 9.17) is 15.7 Å². The van der Waals surface area contributed by atoms with Crippen LogP contribution >= 0.6 is 0 Å². The Morgan fingerprint density at radius 3 is 2.85 bits per heavy atom. The first-order valence-corrected chi connectivity index (χ1v) is 6.63. The zero-order chi connectivity index (χ0) is 14.6. The Morgan fingerprint density at radius 2 is 2.20 bits per heavy atom. The molecule has 1 heterocycles. The molecule has 6 heteroatoms. The molecule has 0 aliphatic carbocycles. The molecule has 0 unspecified atom stereocenters. The number of amidine groups is 1. The lowest BCUT2D eigenvalue weighted by atomic mass is 9.92. The number of halogens is 1. The number of hydrogen-bond acceptors (Lipinski definition) is 4. The van der Waals surface area contributed by atoms with Crippen molar-refractivity contribution in [1.82, 2.24) is 5.32 Å². The van der Waals surface area contributed by atoms with E-state index in [1.165, 1.54) is 12.1 Å². The Hall–Kier alpha value is -1.66. The first-order chi connectivity index (χ1) is 9.54. The van der Waals surface area contributed by atoms with Crippen molar-refractivity contribution in [2.45, 2.75) is 31.8 Å². The molecule has 0 radical (unpaired) electrons. The van der Waals surface area contributed by atoms with Crippen molar-refractivity contribution in [2.24, 2.45) is 10.9 Å². The van der Waals surface area contributed by atoms with Gasteiger partial charge in [0.25, 0.3) is 0 Å². The van der Waals surface area contributed by atoms with E-state index in [1.807, 2.05) is 0 Å². The summed E-state index contributed by atoms with van der Waals surface area (Å²) in [5.41, 5.74) is 6.80. The number of ether oxygens (including phenoxy) is 1. The van der Waals surface area contributed by atoms with Crippen molar-refractivity contribution in [3.8, 4) is 0 Å². The van der Waals surface area contributed by atoms with Crippen molar-refractivity contribution in [3.05, 3.63) is 35.1 Å². The van der Waals surface area contributed by atoms with Gasteiger partial charge in [0.2, 0.25) is 0 Å². The van der Waals surface area contributed by atoms with Crippen molar-refractivity contribution in [1.29, 1.82) is 0 Å². The average Bonchev–Trinajstić information content (AvgIpc) is 2.46. The molecule has 5 nitrogen and oxygen atoms in total. The maximum absolute atomic E-state index is 13.3. The van der Waals surface area contributed by atoms with Gasteiger partial charge >= 0.3 is 0 Å². The zero-order valence-electron chi connectivity index (χ0n) is 11.5. The molecule has 0 spiro atoms. The number of hydrogen-bond donors (Lipinski definition) is 3. The van der Waals surface area contributed by atoms with Crippen molar-refractivity contribution >= 4 is 5.84 Å². The smallest absolute Gasteiger partial charge is 0.170 e. The summed E-state index contributed by atoms with van der Waals surface area (Å²) >= 11 is 0. The van der Waals surface area contributed by atoms with Crippen LogP contribution in [0.5, 0.6) is 0 Å². The molecule has 1 aliphatic rings. The minimum absolute atomic E-state index is 0.00494. The molecule has 20 heavy (non-hydrogen) atoms. The molecule has 0 saturated carbocycles. The third-order valence-electron chi connectivity index (χ3n) is 3.76.